The van der Waals surface area contributed by atoms with Gasteiger partial charge in [-0.15, -0.1) is 0 Å². The number of carbonyl (C=O) groups is 1. The number of aromatic nitrogens is 3. The first-order valence-corrected chi connectivity index (χ1v) is 11.3. The molecular weight excluding hydrogens is 472 g/mol. The van der Waals surface area contributed by atoms with Gasteiger partial charge in [-0.2, -0.15) is 10.4 Å². The Hall–Kier alpha value is -3.12. The van der Waals surface area contributed by atoms with Crippen molar-refractivity contribution in [2.75, 3.05) is 18.0 Å². The van der Waals surface area contributed by atoms with Crippen LogP contribution in [0.2, 0.25) is 0 Å². The van der Waals surface area contributed by atoms with Crippen molar-refractivity contribution in [2.45, 2.75) is 44.9 Å². The third-order valence-electron chi connectivity index (χ3n) is 5.88. The Morgan fingerprint density at radius 1 is 1.25 bits per heavy atom. The second-order valence-corrected chi connectivity index (χ2v) is 10.2. The van der Waals surface area contributed by atoms with E-state index in [2.05, 4.69) is 32.0 Å². The van der Waals surface area contributed by atoms with Crippen LogP contribution in [0.3, 0.4) is 0 Å². The average molecular weight is 495 g/mol. The van der Waals surface area contributed by atoms with Crippen molar-refractivity contribution in [3.63, 3.8) is 0 Å². The van der Waals surface area contributed by atoms with E-state index in [0.29, 0.717) is 5.56 Å². The summed E-state index contributed by atoms with van der Waals surface area (Å²) in [5.74, 6) is 0.882. The minimum atomic E-state index is -0.489. The summed E-state index contributed by atoms with van der Waals surface area (Å²) < 4.78 is 8.13. The van der Waals surface area contributed by atoms with E-state index in [1.54, 1.807) is 10.7 Å². The van der Waals surface area contributed by atoms with E-state index in [1.165, 1.54) is 0 Å². The highest BCUT2D eigenvalue weighted by atomic mass is 79.9. The first-order chi connectivity index (χ1) is 15.2. The van der Waals surface area contributed by atoms with Crippen LogP contribution in [-0.2, 0) is 4.74 Å². The molecule has 1 amide bonds. The van der Waals surface area contributed by atoms with E-state index in [1.807, 2.05) is 56.3 Å². The minimum Gasteiger partial charge on any atom is -0.444 e. The predicted molar refractivity (Wildman–Crippen MR) is 123 cm³/mol. The molecule has 3 aromatic heterocycles. The van der Waals surface area contributed by atoms with Gasteiger partial charge in [0.15, 0.2) is 0 Å². The molecule has 6 rings (SSSR count). The number of amides is 1. The van der Waals surface area contributed by atoms with Crippen LogP contribution >= 0.6 is 15.9 Å². The summed E-state index contributed by atoms with van der Waals surface area (Å²) in [4.78, 5) is 21.3. The van der Waals surface area contributed by atoms with E-state index in [-0.39, 0.29) is 18.2 Å². The maximum absolute atomic E-state index is 12.5. The Balaban J connectivity index is 1.35. The van der Waals surface area contributed by atoms with Gasteiger partial charge in [-0.25, -0.2) is 14.3 Å². The highest BCUT2D eigenvalue weighted by Crippen LogP contribution is 2.36. The number of halogens is 1. The molecule has 9 heteroatoms. The molecule has 3 aliphatic rings. The van der Waals surface area contributed by atoms with Gasteiger partial charge < -0.3 is 9.64 Å². The van der Waals surface area contributed by atoms with Gasteiger partial charge in [0, 0.05) is 41.1 Å². The molecule has 0 spiro atoms. The monoisotopic (exact) mass is 494 g/mol. The van der Waals surface area contributed by atoms with Crippen LogP contribution in [0.5, 0.6) is 0 Å². The fourth-order valence-corrected chi connectivity index (χ4v) is 4.96. The number of nitrogens with zero attached hydrogens (tertiary/aromatic N) is 6. The number of pyridine rings is 2. The summed E-state index contributed by atoms with van der Waals surface area (Å²) in [6.45, 7) is 7.15. The van der Waals surface area contributed by atoms with Crippen LogP contribution in [0, 0.1) is 11.3 Å². The third-order valence-corrected chi connectivity index (χ3v) is 6.31. The molecule has 164 valence electrons. The number of piperidine rings is 1. The van der Waals surface area contributed by atoms with Crippen LogP contribution in [0.25, 0.3) is 16.6 Å². The molecule has 6 heterocycles. The normalized spacial score (nSPS) is 20.1. The van der Waals surface area contributed by atoms with Gasteiger partial charge in [0.2, 0.25) is 0 Å². The Labute approximate surface area is 194 Å². The topological polar surface area (TPSA) is 86.8 Å². The zero-order valence-corrected chi connectivity index (χ0v) is 19.7. The molecule has 0 radical (unpaired) electrons. The summed E-state index contributed by atoms with van der Waals surface area (Å²) in [6, 6.07) is 8.51. The molecular formula is C23H23BrN6O2. The number of carbonyl (C=O) groups excluding carboxylic acids is 1. The Bertz CT molecular complexity index is 1230. The second-order valence-electron chi connectivity index (χ2n) is 9.28. The average Bonchev–Trinajstić information content (AvgIpc) is 3.14. The summed E-state index contributed by atoms with van der Waals surface area (Å²) in [5.41, 5.74) is 2.60. The van der Waals surface area contributed by atoms with Gasteiger partial charge in [-0.05, 0) is 61.3 Å². The molecule has 2 bridgehead atoms. The molecule has 0 saturated carbocycles. The highest BCUT2D eigenvalue weighted by Gasteiger charge is 2.49. The number of ether oxygens (including phenoxy) is 1. The zero-order valence-electron chi connectivity index (χ0n) is 18.1. The molecule has 0 aliphatic carbocycles. The molecule has 3 aliphatic heterocycles. The fraction of sp³-hybridized carbons (Fsp3) is 0.391. The van der Waals surface area contributed by atoms with E-state index < -0.39 is 5.60 Å². The van der Waals surface area contributed by atoms with E-state index >= 15 is 0 Å². The van der Waals surface area contributed by atoms with Crippen molar-refractivity contribution in [3.8, 4) is 17.2 Å². The quantitative estimate of drug-likeness (QED) is 0.529. The number of fused-ring (bicyclic) bond motifs is 3. The number of hydrogen-bond acceptors (Lipinski definition) is 6. The minimum absolute atomic E-state index is 0.153. The molecule has 0 aromatic carbocycles. The van der Waals surface area contributed by atoms with E-state index in [0.717, 1.165) is 46.4 Å². The zero-order chi connectivity index (χ0) is 22.6. The van der Waals surface area contributed by atoms with Gasteiger partial charge in [-0.3, -0.25) is 4.90 Å². The predicted octanol–water partition coefficient (Wildman–Crippen LogP) is 4.23. The third kappa shape index (κ3) is 3.58. The lowest BCUT2D eigenvalue weighted by Gasteiger charge is -2.56. The first-order valence-electron chi connectivity index (χ1n) is 10.5. The van der Waals surface area contributed by atoms with Gasteiger partial charge in [0.1, 0.15) is 17.5 Å². The smallest absolute Gasteiger partial charge is 0.410 e. The maximum Gasteiger partial charge on any atom is 0.410 e. The van der Waals surface area contributed by atoms with Gasteiger partial charge >= 0.3 is 6.09 Å². The maximum atomic E-state index is 12.5. The van der Waals surface area contributed by atoms with E-state index in [9.17, 15) is 10.1 Å². The number of nitriles is 1. The molecule has 2 unspecified atom stereocenters. The van der Waals surface area contributed by atoms with Crippen molar-refractivity contribution in [1.82, 2.24) is 19.5 Å². The lowest BCUT2D eigenvalue weighted by molar-refractivity contribution is -0.0380. The van der Waals surface area contributed by atoms with Crippen molar-refractivity contribution >= 4 is 33.4 Å². The molecule has 3 fully saturated rings. The van der Waals surface area contributed by atoms with Gasteiger partial charge in [0.05, 0.1) is 29.4 Å². The molecule has 8 nitrogen and oxygen atoms in total. The Morgan fingerprint density at radius 2 is 2.00 bits per heavy atom. The lowest BCUT2D eigenvalue weighted by atomic mass is 9.88. The number of anilines is 1. The number of rotatable bonds is 2. The largest absolute Gasteiger partial charge is 0.444 e. The Morgan fingerprint density at radius 3 is 2.62 bits per heavy atom. The summed E-state index contributed by atoms with van der Waals surface area (Å²) in [7, 11) is 0. The molecule has 2 atom stereocenters. The van der Waals surface area contributed by atoms with Crippen molar-refractivity contribution in [1.29, 1.82) is 5.26 Å². The van der Waals surface area contributed by atoms with Crippen LogP contribution in [0.15, 0.2) is 41.3 Å². The highest BCUT2D eigenvalue weighted by molar-refractivity contribution is 9.10. The lowest BCUT2D eigenvalue weighted by Crippen LogP contribution is -2.70. The van der Waals surface area contributed by atoms with Gasteiger partial charge in [0.25, 0.3) is 0 Å². The molecule has 32 heavy (non-hydrogen) atoms. The van der Waals surface area contributed by atoms with Crippen LogP contribution in [0.4, 0.5) is 10.6 Å². The van der Waals surface area contributed by atoms with Crippen LogP contribution in [-0.4, -0.2) is 56.4 Å². The molecule has 3 aromatic rings. The summed E-state index contributed by atoms with van der Waals surface area (Å²) in [5, 5.41) is 13.7. The molecule has 0 N–H and O–H groups in total. The van der Waals surface area contributed by atoms with E-state index in [4.69, 9.17) is 9.72 Å². The van der Waals surface area contributed by atoms with Crippen LogP contribution in [0.1, 0.15) is 32.8 Å². The molecule has 3 saturated heterocycles. The van der Waals surface area contributed by atoms with Gasteiger partial charge in [-0.1, -0.05) is 0 Å². The second kappa shape index (κ2) is 7.48. The number of piperazine rings is 1. The first kappa shape index (κ1) is 20.8. The van der Waals surface area contributed by atoms with Crippen molar-refractivity contribution < 1.29 is 9.53 Å². The number of hydrogen-bond donors (Lipinski definition) is 0. The SMILES string of the molecule is CC(C)(C)OC(=O)N1C2CC1CN(c1ccc(-c3cc(Br)cn4ncc(C#N)c34)cn1)C2. The van der Waals surface area contributed by atoms with Crippen molar-refractivity contribution in [2.24, 2.45) is 0 Å². The van der Waals surface area contributed by atoms with Crippen LogP contribution < -0.4 is 4.90 Å². The standard InChI is InChI=1S/C23H23BrN6O2/c1-23(2,3)32-22(31)30-17-7-18(30)13-28(12-17)20-5-4-14(9-26-20)19-6-16(24)11-29-21(19)15(8-25)10-27-29/h4-6,9-11,17-18H,7,12-13H2,1-3H3. The summed E-state index contributed by atoms with van der Waals surface area (Å²) >= 11 is 3.52. The summed E-state index contributed by atoms with van der Waals surface area (Å²) in [6.07, 6.45) is 6.01. The van der Waals surface area contributed by atoms with Crippen molar-refractivity contribution in [3.05, 3.63) is 46.8 Å². The fourth-order valence-electron chi connectivity index (χ4n) is 4.53. The Kier molecular flexibility index (Phi) is 4.86.